The maximum atomic E-state index is 10.7. The van der Waals surface area contributed by atoms with Crippen molar-refractivity contribution in [1.82, 2.24) is 0 Å². The van der Waals surface area contributed by atoms with Crippen molar-refractivity contribution >= 4 is 18.9 Å². The van der Waals surface area contributed by atoms with Gasteiger partial charge in [-0.1, -0.05) is 0 Å². The SMILES string of the molecule is COc1cc(C)c2c(c1)[B]O[C@]2(O)CC(=O)O. The van der Waals surface area contributed by atoms with Gasteiger partial charge in [0.05, 0.1) is 7.11 Å². The lowest BCUT2D eigenvalue weighted by Gasteiger charge is -2.23. The lowest BCUT2D eigenvalue weighted by molar-refractivity contribution is -0.169. The summed E-state index contributed by atoms with van der Waals surface area (Å²) in [5, 5.41) is 19.0. The zero-order chi connectivity index (χ0) is 12.6. The minimum Gasteiger partial charge on any atom is -0.497 e. The standard InChI is InChI=1S/C11H12BO5/c1-6-3-7(16-2)4-8-10(6)11(15,17-12-8)5-9(13)14/h3-4,15H,5H2,1-2H3,(H,13,14)/t11-/m1/s1. The molecule has 0 fully saturated rings. The summed E-state index contributed by atoms with van der Waals surface area (Å²) in [6, 6.07) is 3.43. The molecule has 0 unspecified atom stereocenters. The minimum atomic E-state index is -1.78. The van der Waals surface area contributed by atoms with Crippen LogP contribution in [0.2, 0.25) is 0 Å². The number of fused-ring (bicyclic) bond motifs is 1. The Balaban J connectivity index is 2.47. The third kappa shape index (κ3) is 2.01. The Bertz CT molecular complexity index is 473. The van der Waals surface area contributed by atoms with Crippen LogP contribution in [-0.4, -0.2) is 30.8 Å². The number of ether oxygens (including phenoxy) is 1. The van der Waals surface area contributed by atoms with Crippen LogP contribution in [0.4, 0.5) is 0 Å². The fourth-order valence-electron chi connectivity index (χ4n) is 2.08. The number of aryl methyl sites for hydroxylation is 1. The van der Waals surface area contributed by atoms with Gasteiger partial charge in [-0.3, -0.25) is 4.79 Å². The van der Waals surface area contributed by atoms with E-state index in [1.165, 1.54) is 7.48 Å². The summed E-state index contributed by atoms with van der Waals surface area (Å²) >= 11 is 0. The molecule has 0 aromatic heterocycles. The molecule has 89 valence electrons. The molecule has 0 amide bonds. The van der Waals surface area contributed by atoms with Gasteiger partial charge in [0, 0.05) is 5.56 Å². The number of methoxy groups -OCH3 is 1. The maximum absolute atomic E-state index is 10.7. The second-order valence-corrected chi connectivity index (χ2v) is 4.00. The number of hydrogen-bond acceptors (Lipinski definition) is 4. The molecule has 1 aliphatic rings. The van der Waals surface area contributed by atoms with Gasteiger partial charge in [-0.2, -0.15) is 0 Å². The van der Waals surface area contributed by atoms with E-state index in [0.29, 0.717) is 16.8 Å². The van der Waals surface area contributed by atoms with Crippen LogP contribution >= 0.6 is 0 Å². The van der Waals surface area contributed by atoms with Crippen molar-refractivity contribution in [2.45, 2.75) is 19.1 Å². The Morgan fingerprint density at radius 2 is 2.29 bits per heavy atom. The summed E-state index contributed by atoms with van der Waals surface area (Å²) in [6.45, 7) is 1.77. The molecular formula is C11H12BO5. The molecule has 0 saturated heterocycles. The lowest BCUT2D eigenvalue weighted by atomic mass is 9.83. The summed E-state index contributed by atoms with van der Waals surface area (Å²) in [7, 11) is 2.90. The third-order valence-corrected chi connectivity index (χ3v) is 2.74. The molecule has 0 aliphatic carbocycles. The third-order valence-electron chi connectivity index (χ3n) is 2.74. The smallest absolute Gasteiger partial charge is 0.334 e. The van der Waals surface area contributed by atoms with Crippen molar-refractivity contribution in [3.63, 3.8) is 0 Å². The van der Waals surface area contributed by atoms with Crippen LogP contribution in [0, 0.1) is 6.92 Å². The van der Waals surface area contributed by atoms with Crippen LogP contribution in [-0.2, 0) is 15.2 Å². The van der Waals surface area contributed by atoms with E-state index >= 15 is 0 Å². The fourth-order valence-corrected chi connectivity index (χ4v) is 2.08. The summed E-state index contributed by atoms with van der Waals surface area (Å²) in [4.78, 5) is 10.7. The summed E-state index contributed by atoms with van der Waals surface area (Å²) in [5.74, 6) is -2.26. The first-order chi connectivity index (χ1) is 7.96. The molecule has 1 aromatic rings. The van der Waals surface area contributed by atoms with Crippen molar-refractivity contribution in [3.05, 3.63) is 23.3 Å². The molecule has 0 spiro atoms. The molecule has 1 atom stereocenters. The number of benzene rings is 1. The van der Waals surface area contributed by atoms with Crippen LogP contribution in [0.25, 0.3) is 0 Å². The second kappa shape index (κ2) is 4.05. The number of carbonyl (C=O) groups is 1. The lowest BCUT2D eigenvalue weighted by Crippen LogP contribution is -2.30. The van der Waals surface area contributed by atoms with E-state index in [1.54, 1.807) is 26.2 Å². The molecule has 0 saturated carbocycles. The number of hydrogen-bond donors (Lipinski definition) is 2. The molecule has 1 aromatic carbocycles. The monoisotopic (exact) mass is 235 g/mol. The normalized spacial score (nSPS) is 21.8. The Morgan fingerprint density at radius 1 is 1.59 bits per heavy atom. The summed E-state index contributed by atoms with van der Waals surface area (Å²) in [6.07, 6.45) is -0.496. The number of aliphatic hydroxyl groups is 1. The Labute approximate surface area is 99.2 Å². The molecule has 1 heterocycles. The van der Waals surface area contributed by atoms with Crippen molar-refractivity contribution in [2.75, 3.05) is 7.11 Å². The van der Waals surface area contributed by atoms with Gasteiger partial charge in [0.25, 0.3) is 0 Å². The van der Waals surface area contributed by atoms with E-state index in [0.717, 1.165) is 5.56 Å². The molecule has 1 radical (unpaired) electrons. The number of aliphatic carboxylic acids is 1. The van der Waals surface area contributed by atoms with Crippen molar-refractivity contribution in [1.29, 1.82) is 0 Å². The maximum Gasteiger partial charge on any atom is 0.334 e. The second-order valence-electron chi connectivity index (χ2n) is 4.00. The van der Waals surface area contributed by atoms with E-state index in [9.17, 15) is 9.90 Å². The average molecular weight is 235 g/mol. The van der Waals surface area contributed by atoms with Crippen molar-refractivity contribution in [3.8, 4) is 5.75 Å². The van der Waals surface area contributed by atoms with Crippen molar-refractivity contribution < 1.29 is 24.4 Å². The van der Waals surface area contributed by atoms with E-state index in [4.69, 9.17) is 14.5 Å². The molecule has 6 heteroatoms. The number of carboxylic acid groups (broad SMARTS) is 1. The Kier molecular flexibility index (Phi) is 2.85. The molecule has 2 rings (SSSR count). The predicted octanol–water partition coefficient (Wildman–Crippen LogP) is -0.102. The minimum absolute atomic E-state index is 0.487. The highest BCUT2D eigenvalue weighted by Crippen LogP contribution is 2.33. The van der Waals surface area contributed by atoms with Crippen LogP contribution < -0.4 is 10.2 Å². The highest BCUT2D eigenvalue weighted by atomic mass is 16.6. The first-order valence-corrected chi connectivity index (χ1v) is 5.10. The zero-order valence-corrected chi connectivity index (χ0v) is 9.56. The molecule has 1 aliphatic heterocycles. The molecule has 5 nitrogen and oxygen atoms in total. The van der Waals surface area contributed by atoms with Gasteiger partial charge in [-0.25, -0.2) is 0 Å². The van der Waals surface area contributed by atoms with Gasteiger partial charge in [-0.15, -0.1) is 0 Å². The van der Waals surface area contributed by atoms with Crippen LogP contribution in [0.15, 0.2) is 12.1 Å². The van der Waals surface area contributed by atoms with E-state index in [2.05, 4.69) is 0 Å². The molecule has 17 heavy (non-hydrogen) atoms. The fraction of sp³-hybridized carbons (Fsp3) is 0.364. The van der Waals surface area contributed by atoms with Gasteiger partial charge in [-0.05, 0) is 30.1 Å². The zero-order valence-electron chi connectivity index (χ0n) is 9.56. The van der Waals surface area contributed by atoms with Gasteiger partial charge >= 0.3 is 13.5 Å². The van der Waals surface area contributed by atoms with Gasteiger partial charge < -0.3 is 19.6 Å². The van der Waals surface area contributed by atoms with E-state index < -0.39 is 18.2 Å². The first kappa shape index (κ1) is 11.9. The van der Waals surface area contributed by atoms with Gasteiger partial charge in [0.2, 0.25) is 0 Å². The Morgan fingerprint density at radius 3 is 2.88 bits per heavy atom. The van der Waals surface area contributed by atoms with Crippen molar-refractivity contribution in [2.24, 2.45) is 0 Å². The molecule has 0 bridgehead atoms. The van der Waals surface area contributed by atoms with E-state index in [-0.39, 0.29) is 0 Å². The van der Waals surface area contributed by atoms with E-state index in [1.807, 2.05) is 0 Å². The highest BCUT2D eigenvalue weighted by Gasteiger charge is 2.42. The van der Waals surface area contributed by atoms with Crippen LogP contribution in [0.3, 0.4) is 0 Å². The van der Waals surface area contributed by atoms with Crippen LogP contribution in [0.5, 0.6) is 5.75 Å². The number of carboxylic acids is 1. The average Bonchev–Trinajstić information content (AvgIpc) is 2.55. The Hall–Kier alpha value is -1.53. The molecule has 2 N–H and O–H groups in total. The topological polar surface area (TPSA) is 76.0 Å². The number of rotatable bonds is 3. The highest BCUT2D eigenvalue weighted by molar-refractivity contribution is 6.49. The predicted molar refractivity (Wildman–Crippen MR) is 60.4 cm³/mol. The first-order valence-electron chi connectivity index (χ1n) is 5.10. The van der Waals surface area contributed by atoms with Gasteiger partial charge in [0.1, 0.15) is 12.2 Å². The quantitative estimate of drug-likeness (QED) is 0.715. The van der Waals surface area contributed by atoms with Gasteiger partial charge in [0.15, 0.2) is 5.79 Å². The summed E-state index contributed by atoms with van der Waals surface area (Å²) < 4.78 is 10.2. The summed E-state index contributed by atoms with van der Waals surface area (Å²) in [5.41, 5.74) is 1.86. The van der Waals surface area contributed by atoms with Crippen LogP contribution in [0.1, 0.15) is 17.5 Å². The largest absolute Gasteiger partial charge is 0.497 e. The molecular weight excluding hydrogens is 223 g/mol.